The summed E-state index contributed by atoms with van der Waals surface area (Å²) in [4.78, 5) is 7.77. The number of aromatic nitrogens is 2. The number of hydrogen-bond acceptors (Lipinski definition) is 3. The molecule has 5 rings (SSSR count). The molecule has 1 aromatic heterocycles. The third-order valence-corrected chi connectivity index (χ3v) is 5.75. The monoisotopic (exact) mass is 411 g/mol. The Morgan fingerprint density at radius 2 is 1.82 bits per heavy atom. The lowest BCUT2D eigenvalue weighted by Crippen LogP contribution is -2.42. The van der Waals surface area contributed by atoms with E-state index in [-0.39, 0.29) is 10.7 Å². The van der Waals surface area contributed by atoms with Crippen LogP contribution in [-0.2, 0) is 12.3 Å². The first-order valence-electron chi connectivity index (χ1n) is 8.73. The van der Waals surface area contributed by atoms with Gasteiger partial charge in [-0.1, -0.05) is 48.0 Å². The van der Waals surface area contributed by atoms with Crippen molar-refractivity contribution in [3.8, 4) is 0 Å². The molecule has 4 aromatic rings. The Labute approximate surface area is 170 Å². The molecule has 0 spiro atoms. The Balaban J connectivity index is 1.77. The largest absolute Gasteiger partial charge is 0.363 e. The predicted molar refractivity (Wildman–Crippen MR) is 111 cm³/mol. The fourth-order valence-corrected chi connectivity index (χ4v) is 4.34. The van der Waals surface area contributed by atoms with Crippen LogP contribution >= 0.6 is 23.8 Å². The summed E-state index contributed by atoms with van der Waals surface area (Å²) in [5, 5.41) is 12.0. The van der Waals surface area contributed by atoms with Crippen molar-refractivity contribution in [1.29, 1.82) is 0 Å². The molecule has 7 heteroatoms. The van der Waals surface area contributed by atoms with Gasteiger partial charge in [0.1, 0.15) is 0 Å². The van der Waals surface area contributed by atoms with Crippen LogP contribution in [0.4, 0.5) is 10.1 Å². The molecule has 3 N–H and O–H groups in total. The standard InChI is InChI=1S/C21H15ClFN3OS/c22-15-6-3-7-18(19(15)23)26-11-12-4-1-2-5-14(12)21(26,27)13-8-9-16-17(10-13)25-20(28)24-16/h1-10,27H,11H2,(H2,24,25,28). The number of aliphatic hydroxyl groups is 1. The number of benzene rings is 3. The van der Waals surface area contributed by atoms with E-state index < -0.39 is 11.5 Å². The molecular weight excluding hydrogens is 397 g/mol. The summed E-state index contributed by atoms with van der Waals surface area (Å²) in [6.45, 7) is 0.352. The van der Waals surface area contributed by atoms with Gasteiger partial charge in [0.25, 0.3) is 0 Å². The van der Waals surface area contributed by atoms with Crippen molar-refractivity contribution < 1.29 is 9.50 Å². The fraction of sp³-hybridized carbons (Fsp3) is 0.0952. The summed E-state index contributed by atoms with van der Waals surface area (Å²) in [5.41, 5.74) is 2.54. The maximum atomic E-state index is 14.9. The van der Waals surface area contributed by atoms with E-state index >= 15 is 0 Å². The molecule has 0 aliphatic carbocycles. The van der Waals surface area contributed by atoms with E-state index in [2.05, 4.69) is 9.97 Å². The van der Waals surface area contributed by atoms with E-state index in [9.17, 15) is 9.50 Å². The van der Waals surface area contributed by atoms with Crippen molar-refractivity contribution in [2.75, 3.05) is 4.90 Å². The second-order valence-electron chi connectivity index (χ2n) is 6.83. The van der Waals surface area contributed by atoms with Crippen molar-refractivity contribution >= 4 is 40.5 Å². The number of hydrogen-bond donors (Lipinski definition) is 3. The van der Waals surface area contributed by atoms with Gasteiger partial charge in [0.05, 0.1) is 21.7 Å². The molecule has 1 atom stereocenters. The number of nitrogens with zero attached hydrogens (tertiary/aromatic N) is 1. The fourth-order valence-electron chi connectivity index (χ4n) is 3.95. The van der Waals surface area contributed by atoms with Crippen molar-refractivity contribution in [2.45, 2.75) is 12.3 Å². The van der Waals surface area contributed by atoms with Crippen LogP contribution in [0.25, 0.3) is 11.0 Å². The molecular formula is C21H15ClFN3OS. The number of anilines is 1. The third-order valence-electron chi connectivity index (χ3n) is 5.25. The van der Waals surface area contributed by atoms with E-state index in [1.165, 1.54) is 6.07 Å². The summed E-state index contributed by atoms with van der Waals surface area (Å²) in [6.07, 6.45) is 0. The van der Waals surface area contributed by atoms with E-state index in [0.717, 1.165) is 16.6 Å². The highest BCUT2D eigenvalue weighted by Gasteiger charge is 2.46. The lowest BCUT2D eigenvalue weighted by Gasteiger charge is -2.36. The minimum atomic E-state index is -1.55. The van der Waals surface area contributed by atoms with Gasteiger partial charge in [-0.05, 0) is 42.0 Å². The van der Waals surface area contributed by atoms with Crippen LogP contribution in [0.2, 0.25) is 5.02 Å². The number of nitrogens with one attached hydrogen (secondary N) is 2. The molecule has 0 amide bonds. The summed E-state index contributed by atoms with van der Waals surface area (Å²) in [6, 6.07) is 17.9. The number of H-pyrrole nitrogens is 2. The number of rotatable bonds is 2. The van der Waals surface area contributed by atoms with Crippen LogP contribution in [0.1, 0.15) is 16.7 Å². The van der Waals surface area contributed by atoms with Gasteiger partial charge in [0.2, 0.25) is 0 Å². The number of imidazole rings is 1. The van der Waals surface area contributed by atoms with Gasteiger partial charge < -0.3 is 20.0 Å². The van der Waals surface area contributed by atoms with Crippen molar-refractivity contribution in [1.82, 2.24) is 9.97 Å². The van der Waals surface area contributed by atoms with Gasteiger partial charge >= 0.3 is 0 Å². The van der Waals surface area contributed by atoms with Gasteiger partial charge in [0, 0.05) is 17.7 Å². The molecule has 0 saturated heterocycles. The van der Waals surface area contributed by atoms with Gasteiger partial charge in [-0.25, -0.2) is 4.39 Å². The van der Waals surface area contributed by atoms with Crippen LogP contribution in [-0.4, -0.2) is 15.1 Å². The minimum absolute atomic E-state index is 0.0148. The van der Waals surface area contributed by atoms with Gasteiger partial charge in [-0.3, -0.25) is 0 Å². The first-order chi connectivity index (χ1) is 13.5. The molecule has 28 heavy (non-hydrogen) atoms. The predicted octanol–water partition coefficient (Wildman–Crippen LogP) is 5.23. The van der Waals surface area contributed by atoms with Crippen molar-refractivity contribution in [3.05, 3.63) is 93.0 Å². The topological polar surface area (TPSA) is 55.0 Å². The minimum Gasteiger partial charge on any atom is -0.363 e. The SMILES string of the molecule is OC1(c2ccc3[nH]c(=S)[nH]c3c2)c2ccccc2CN1c1cccc(Cl)c1F. The highest BCUT2D eigenvalue weighted by molar-refractivity contribution is 7.71. The molecule has 0 bridgehead atoms. The Bertz CT molecular complexity index is 1280. The van der Waals surface area contributed by atoms with Crippen LogP contribution in [0.5, 0.6) is 0 Å². The van der Waals surface area contributed by atoms with Crippen LogP contribution in [0, 0.1) is 10.6 Å². The van der Waals surface area contributed by atoms with Gasteiger partial charge in [-0.15, -0.1) is 0 Å². The van der Waals surface area contributed by atoms with E-state index in [0.29, 0.717) is 22.4 Å². The normalized spacial score (nSPS) is 18.6. The summed E-state index contributed by atoms with van der Waals surface area (Å²) < 4.78 is 15.4. The van der Waals surface area contributed by atoms with Crippen molar-refractivity contribution in [2.24, 2.45) is 0 Å². The van der Waals surface area contributed by atoms with Crippen LogP contribution < -0.4 is 4.90 Å². The third kappa shape index (κ3) is 2.42. The lowest BCUT2D eigenvalue weighted by atomic mass is 9.93. The Hall–Kier alpha value is -2.67. The van der Waals surface area contributed by atoms with Crippen LogP contribution in [0.3, 0.4) is 0 Å². The average Bonchev–Trinajstić information content (AvgIpc) is 3.21. The molecule has 140 valence electrons. The summed E-state index contributed by atoms with van der Waals surface area (Å²) in [7, 11) is 0. The summed E-state index contributed by atoms with van der Waals surface area (Å²) >= 11 is 11.2. The molecule has 3 aromatic carbocycles. The van der Waals surface area contributed by atoms with Gasteiger partial charge in [-0.2, -0.15) is 0 Å². The maximum absolute atomic E-state index is 14.9. The zero-order valence-electron chi connectivity index (χ0n) is 14.5. The highest BCUT2D eigenvalue weighted by Crippen LogP contribution is 2.46. The number of halogens is 2. The van der Waals surface area contributed by atoms with Gasteiger partial charge in [0.15, 0.2) is 16.3 Å². The molecule has 0 fully saturated rings. The van der Waals surface area contributed by atoms with Crippen molar-refractivity contribution in [3.63, 3.8) is 0 Å². The number of fused-ring (bicyclic) bond motifs is 2. The zero-order chi connectivity index (χ0) is 19.5. The second kappa shape index (κ2) is 6.17. The highest BCUT2D eigenvalue weighted by atomic mass is 35.5. The van der Waals surface area contributed by atoms with E-state index in [1.54, 1.807) is 17.0 Å². The molecule has 0 radical (unpaired) electrons. The van der Waals surface area contributed by atoms with E-state index in [1.807, 2.05) is 42.5 Å². The maximum Gasteiger partial charge on any atom is 0.192 e. The Kier molecular flexibility index (Phi) is 3.84. The second-order valence-corrected chi connectivity index (χ2v) is 7.64. The Morgan fingerprint density at radius 1 is 1.04 bits per heavy atom. The molecule has 1 unspecified atom stereocenters. The average molecular weight is 412 g/mol. The van der Waals surface area contributed by atoms with E-state index in [4.69, 9.17) is 23.8 Å². The Morgan fingerprint density at radius 3 is 2.68 bits per heavy atom. The molecule has 2 heterocycles. The molecule has 4 nitrogen and oxygen atoms in total. The molecule has 1 aliphatic rings. The molecule has 0 saturated carbocycles. The number of aromatic amines is 2. The summed E-state index contributed by atoms with van der Waals surface area (Å²) in [5.74, 6) is -0.558. The zero-order valence-corrected chi connectivity index (χ0v) is 16.1. The smallest absolute Gasteiger partial charge is 0.192 e. The quantitative estimate of drug-likeness (QED) is 0.396. The lowest BCUT2D eigenvalue weighted by molar-refractivity contribution is 0.0848. The first-order valence-corrected chi connectivity index (χ1v) is 9.52. The van der Waals surface area contributed by atoms with Crippen LogP contribution in [0.15, 0.2) is 60.7 Å². The molecule has 1 aliphatic heterocycles. The first kappa shape index (κ1) is 17.4.